The number of nitrogens with zero attached hydrogens (tertiary/aromatic N) is 2. The number of halogens is 1. The molecule has 4 aromatic rings. The Balaban J connectivity index is 1.51. The molecular formula is C23H19FN2O4S. The molecule has 1 unspecified atom stereocenters. The van der Waals surface area contributed by atoms with Gasteiger partial charge in [-0.05, 0) is 48.9 Å². The number of hydrogen-bond acceptors (Lipinski definition) is 6. The van der Waals surface area contributed by atoms with Gasteiger partial charge in [-0.15, -0.1) is 11.3 Å². The van der Waals surface area contributed by atoms with E-state index < -0.39 is 6.10 Å². The van der Waals surface area contributed by atoms with Crippen molar-refractivity contribution in [2.45, 2.75) is 19.6 Å². The van der Waals surface area contributed by atoms with E-state index >= 15 is 0 Å². The molecule has 0 saturated carbocycles. The summed E-state index contributed by atoms with van der Waals surface area (Å²) in [5.74, 6) is 0.126. The zero-order valence-electron chi connectivity index (χ0n) is 16.6. The Morgan fingerprint density at radius 2 is 1.90 bits per heavy atom. The average Bonchev–Trinajstić information content (AvgIpc) is 3.20. The standard InChI is InChI=1S/C23H19FN2O4S/c1-14(27)15-4-8-19(9-5-15)30-11-18(28)10-26-13-25-22-21(23(26)29)20(12-31-22)16-2-6-17(24)7-3-16/h2-9,12-13,18,28H,10-11H2,1H3. The number of hydrogen-bond donors (Lipinski definition) is 1. The van der Waals surface area contributed by atoms with E-state index in [9.17, 15) is 19.1 Å². The van der Waals surface area contributed by atoms with Crippen molar-refractivity contribution < 1.29 is 19.0 Å². The maximum Gasteiger partial charge on any atom is 0.262 e. The lowest BCUT2D eigenvalue weighted by atomic mass is 10.1. The van der Waals surface area contributed by atoms with E-state index in [2.05, 4.69) is 4.98 Å². The minimum atomic E-state index is -0.947. The molecule has 1 N–H and O–H groups in total. The van der Waals surface area contributed by atoms with Crippen LogP contribution in [0.4, 0.5) is 4.39 Å². The number of aromatic nitrogens is 2. The van der Waals surface area contributed by atoms with Gasteiger partial charge in [0.2, 0.25) is 0 Å². The summed E-state index contributed by atoms with van der Waals surface area (Å²) >= 11 is 1.34. The average molecular weight is 438 g/mol. The number of aliphatic hydroxyl groups excluding tert-OH is 1. The maximum absolute atomic E-state index is 13.2. The Hall–Kier alpha value is -3.36. The molecule has 0 saturated heterocycles. The highest BCUT2D eigenvalue weighted by Crippen LogP contribution is 2.30. The highest BCUT2D eigenvalue weighted by atomic mass is 32.1. The number of rotatable bonds is 7. The van der Waals surface area contributed by atoms with Crippen molar-refractivity contribution in [2.75, 3.05) is 6.61 Å². The largest absolute Gasteiger partial charge is 0.491 e. The second-order valence-electron chi connectivity index (χ2n) is 7.08. The number of fused-ring (bicyclic) bond motifs is 1. The van der Waals surface area contributed by atoms with Gasteiger partial charge in [0.1, 0.15) is 29.1 Å². The third kappa shape index (κ3) is 4.55. The lowest BCUT2D eigenvalue weighted by Crippen LogP contribution is -2.30. The number of ether oxygens (including phenoxy) is 1. The van der Waals surface area contributed by atoms with Crippen LogP contribution in [0.15, 0.2) is 65.0 Å². The maximum atomic E-state index is 13.2. The summed E-state index contributed by atoms with van der Waals surface area (Å²) in [6.45, 7) is 1.46. The third-order valence-corrected chi connectivity index (χ3v) is 5.71. The molecule has 8 heteroatoms. The van der Waals surface area contributed by atoms with Crippen molar-refractivity contribution in [2.24, 2.45) is 0 Å². The number of Topliss-reactive ketones (excluding diaryl/α,β-unsaturated/α-hetero) is 1. The molecule has 31 heavy (non-hydrogen) atoms. The van der Waals surface area contributed by atoms with Crippen LogP contribution in [-0.2, 0) is 6.54 Å². The molecule has 158 valence electrons. The van der Waals surface area contributed by atoms with Gasteiger partial charge in [-0.25, -0.2) is 9.37 Å². The fourth-order valence-corrected chi connectivity index (χ4v) is 4.10. The fourth-order valence-electron chi connectivity index (χ4n) is 3.20. The highest BCUT2D eigenvalue weighted by Gasteiger charge is 2.15. The molecule has 0 spiro atoms. The number of benzene rings is 2. The van der Waals surface area contributed by atoms with E-state index in [-0.39, 0.29) is 30.3 Å². The van der Waals surface area contributed by atoms with Gasteiger partial charge in [0.25, 0.3) is 5.56 Å². The lowest BCUT2D eigenvalue weighted by Gasteiger charge is -2.14. The Morgan fingerprint density at radius 3 is 2.58 bits per heavy atom. The van der Waals surface area contributed by atoms with Crippen molar-refractivity contribution >= 4 is 27.3 Å². The van der Waals surface area contributed by atoms with Crippen LogP contribution in [0.3, 0.4) is 0 Å². The van der Waals surface area contributed by atoms with Gasteiger partial charge in [-0.3, -0.25) is 14.2 Å². The SMILES string of the molecule is CC(=O)c1ccc(OCC(O)Cn2cnc3scc(-c4ccc(F)cc4)c3c2=O)cc1. The first-order chi connectivity index (χ1) is 14.9. The van der Waals surface area contributed by atoms with E-state index in [4.69, 9.17) is 4.74 Å². The van der Waals surface area contributed by atoms with Crippen LogP contribution in [-0.4, -0.2) is 33.2 Å². The molecule has 0 amide bonds. The minimum absolute atomic E-state index is 0.00596. The van der Waals surface area contributed by atoms with Crippen molar-refractivity contribution in [3.8, 4) is 16.9 Å². The van der Waals surface area contributed by atoms with E-state index in [1.165, 1.54) is 41.3 Å². The first-order valence-electron chi connectivity index (χ1n) is 9.57. The second-order valence-corrected chi connectivity index (χ2v) is 7.94. The predicted octanol–water partition coefficient (Wildman–Crippen LogP) is 3.91. The van der Waals surface area contributed by atoms with Crippen LogP contribution in [0.1, 0.15) is 17.3 Å². The first kappa shape index (κ1) is 20.9. The Morgan fingerprint density at radius 1 is 1.19 bits per heavy atom. The molecule has 2 aromatic heterocycles. The van der Waals surface area contributed by atoms with Crippen LogP contribution in [0.25, 0.3) is 21.3 Å². The van der Waals surface area contributed by atoms with Gasteiger partial charge < -0.3 is 9.84 Å². The molecule has 2 aromatic carbocycles. The predicted molar refractivity (Wildman–Crippen MR) is 117 cm³/mol. The zero-order chi connectivity index (χ0) is 22.0. The third-order valence-electron chi connectivity index (χ3n) is 4.83. The molecule has 4 rings (SSSR count). The van der Waals surface area contributed by atoms with Crippen LogP contribution >= 0.6 is 11.3 Å². The summed E-state index contributed by atoms with van der Waals surface area (Å²) in [6, 6.07) is 12.5. The van der Waals surface area contributed by atoms with Crippen LogP contribution < -0.4 is 10.3 Å². The van der Waals surface area contributed by atoms with Crippen molar-refractivity contribution in [3.05, 3.63) is 82.0 Å². The second kappa shape index (κ2) is 8.79. The minimum Gasteiger partial charge on any atom is -0.491 e. The molecule has 0 aliphatic rings. The van der Waals surface area contributed by atoms with E-state index in [0.29, 0.717) is 27.1 Å². The summed E-state index contributed by atoms with van der Waals surface area (Å²) < 4.78 is 20.2. The Labute approximate surface area is 181 Å². The molecule has 2 heterocycles. The Kier molecular flexibility index (Phi) is 5.92. The number of carbonyl (C=O) groups excluding carboxylic acids is 1. The smallest absolute Gasteiger partial charge is 0.262 e. The van der Waals surface area contributed by atoms with Crippen LogP contribution in [0.5, 0.6) is 5.75 Å². The molecule has 1 atom stereocenters. The van der Waals surface area contributed by atoms with Crippen molar-refractivity contribution in [1.82, 2.24) is 9.55 Å². The number of aliphatic hydroxyl groups is 1. The van der Waals surface area contributed by atoms with Gasteiger partial charge >= 0.3 is 0 Å². The lowest BCUT2D eigenvalue weighted by molar-refractivity contribution is 0.0914. The number of carbonyl (C=O) groups is 1. The zero-order valence-corrected chi connectivity index (χ0v) is 17.4. The van der Waals surface area contributed by atoms with Gasteiger partial charge in [0.15, 0.2) is 5.78 Å². The van der Waals surface area contributed by atoms with E-state index in [0.717, 1.165) is 5.56 Å². The van der Waals surface area contributed by atoms with Gasteiger partial charge in [0.05, 0.1) is 18.3 Å². The monoisotopic (exact) mass is 438 g/mol. The summed E-state index contributed by atoms with van der Waals surface area (Å²) in [7, 11) is 0. The van der Waals surface area contributed by atoms with Crippen molar-refractivity contribution in [1.29, 1.82) is 0 Å². The van der Waals surface area contributed by atoms with E-state index in [1.54, 1.807) is 36.4 Å². The fraction of sp³-hybridized carbons (Fsp3) is 0.174. The van der Waals surface area contributed by atoms with Crippen molar-refractivity contribution in [3.63, 3.8) is 0 Å². The molecule has 6 nitrogen and oxygen atoms in total. The molecule has 0 radical (unpaired) electrons. The summed E-state index contributed by atoms with van der Waals surface area (Å²) in [5.41, 5.74) is 1.70. The normalized spacial score (nSPS) is 12.1. The quantitative estimate of drug-likeness (QED) is 0.443. The van der Waals surface area contributed by atoms with Crippen LogP contribution in [0, 0.1) is 5.82 Å². The number of ketones is 1. The topological polar surface area (TPSA) is 81.4 Å². The molecule has 0 bridgehead atoms. The molecule has 0 fully saturated rings. The van der Waals surface area contributed by atoms with Gasteiger partial charge in [0, 0.05) is 16.5 Å². The summed E-state index contributed by atoms with van der Waals surface area (Å²) in [5, 5.41) is 12.6. The first-order valence-corrected chi connectivity index (χ1v) is 10.4. The molecular weight excluding hydrogens is 419 g/mol. The van der Waals surface area contributed by atoms with Gasteiger partial charge in [-0.1, -0.05) is 12.1 Å². The Bertz CT molecular complexity index is 1280. The molecule has 0 aliphatic carbocycles. The highest BCUT2D eigenvalue weighted by molar-refractivity contribution is 7.17. The summed E-state index contributed by atoms with van der Waals surface area (Å²) in [6.07, 6.45) is 0.456. The van der Waals surface area contributed by atoms with Crippen LogP contribution in [0.2, 0.25) is 0 Å². The van der Waals surface area contributed by atoms with Gasteiger partial charge in [-0.2, -0.15) is 0 Å². The van der Waals surface area contributed by atoms with E-state index in [1.807, 2.05) is 5.38 Å². The summed E-state index contributed by atoms with van der Waals surface area (Å²) in [4.78, 5) is 29.3. The number of thiophene rings is 1. The molecule has 0 aliphatic heterocycles.